The Morgan fingerprint density at radius 3 is 1.44 bits per heavy atom. The second-order valence-electron chi connectivity index (χ2n) is 4.16. The fourth-order valence-electron chi connectivity index (χ4n) is 1.15. The Labute approximate surface area is 142 Å². The summed E-state index contributed by atoms with van der Waals surface area (Å²) in [5.41, 5.74) is 0. The summed E-state index contributed by atoms with van der Waals surface area (Å²) < 4.78 is 72.8. The Balaban J connectivity index is 0. The molecular formula is C16H21F5O4. The molecule has 25 heavy (non-hydrogen) atoms. The Bertz CT molecular complexity index is 547. The zero-order valence-electron chi connectivity index (χ0n) is 14.6. The lowest BCUT2D eigenvalue weighted by Gasteiger charge is -2.08. The molecule has 0 fully saturated rings. The van der Waals surface area contributed by atoms with Crippen LogP contribution in [0.1, 0.15) is 47.0 Å². The van der Waals surface area contributed by atoms with Gasteiger partial charge in [0.15, 0.2) is 0 Å². The van der Waals surface area contributed by atoms with E-state index >= 15 is 0 Å². The molecule has 1 rings (SSSR count). The van der Waals surface area contributed by atoms with Crippen LogP contribution in [0.2, 0.25) is 0 Å². The van der Waals surface area contributed by atoms with E-state index in [1.807, 2.05) is 13.8 Å². The van der Waals surface area contributed by atoms with Gasteiger partial charge >= 0.3 is 11.9 Å². The van der Waals surface area contributed by atoms with Crippen molar-refractivity contribution in [2.75, 3.05) is 7.11 Å². The van der Waals surface area contributed by atoms with Gasteiger partial charge in [0.2, 0.25) is 34.8 Å². The zero-order chi connectivity index (χ0) is 20.2. The normalized spacial score (nSPS) is 9.20. The van der Waals surface area contributed by atoms with Gasteiger partial charge in [0, 0.05) is 0 Å². The molecule has 144 valence electrons. The minimum Gasteiger partial charge on any atom is -0.469 e. The molecule has 0 aliphatic heterocycles. The number of methoxy groups -OCH3 is 1. The van der Waals surface area contributed by atoms with Gasteiger partial charge in [0.05, 0.1) is 20.0 Å². The zero-order valence-corrected chi connectivity index (χ0v) is 14.6. The van der Waals surface area contributed by atoms with Gasteiger partial charge in [-0.25, -0.2) is 13.2 Å². The summed E-state index contributed by atoms with van der Waals surface area (Å²) in [6, 6.07) is 0. The van der Waals surface area contributed by atoms with Gasteiger partial charge < -0.3 is 9.47 Å². The first kappa shape index (κ1) is 25.1. The van der Waals surface area contributed by atoms with Gasteiger partial charge in [-0.3, -0.25) is 9.59 Å². The van der Waals surface area contributed by atoms with Crippen molar-refractivity contribution in [3.8, 4) is 5.75 Å². The predicted octanol–water partition coefficient (Wildman–Crippen LogP) is 4.68. The van der Waals surface area contributed by atoms with Gasteiger partial charge in [-0.2, -0.15) is 8.78 Å². The lowest BCUT2D eigenvalue weighted by atomic mass is 10.2. The largest absolute Gasteiger partial charge is 0.469 e. The number of benzene rings is 1. The third-order valence-electron chi connectivity index (χ3n) is 2.15. The molecule has 1 aromatic carbocycles. The summed E-state index contributed by atoms with van der Waals surface area (Å²) >= 11 is 0. The van der Waals surface area contributed by atoms with Gasteiger partial charge in [0.1, 0.15) is 0 Å². The van der Waals surface area contributed by atoms with E-state index in [1.165, 1.54) is 6.42 Å². The lowest BCUT2D eigenvalue weighted by molar-refractivity contribution is -0.144. The molecule has 0 atom stereocenters. The molecule has 0 N–H and O–H groups in total. The van der Waals surface area contributed by atoms with Crippen molar-refractivity contribution >= 4 is 11.9 Å². The molecule has 0 radical (unpaired) electrons. The third-order valence-corrected chi connectivity index (χ3v) is 2.15. The second kappa shape index (κ2) is 13.1. The standard InChI is InChI=1S/C11H7F5O4.C3H8.C2H6/c1-19-4(17)2-3-5(18)20-11-9(15)7(13)6(12)8(14)10(11)16;1-3-2;1-2/h2-3H2,1H3;3H2,1-2H3;1-2H3. The van der Waals surface area contributed by atoms with Crippen molar-refractivity contribution in [1.82, 2.24) is 0 Å². The summed E-state index contributed by atoms with van der Waals surface area (Å²) in [5, 5.41) is 0. The number of esters is 2. The molecule has 0 aliphatic carbocycles. The van der Waals surface area contributed by atoms with Crippen molar-refractivity contribution in [3.63, 3.8) is 0 Å². The highest BCUT2D eigenvalue weighted by Crippen LogP contribution is 2.29. The molecule has 0 heterocycles. The van der Waals surface area contributed by atoms with Gasteiger partial charge in [-0.1, -0.05) is 34.1 Å². The van der Waals surface area contributed by atoms with Crippen molar-refractivity contribution in [2.45, 2.75) is 47.0 Å². The molecule has 0 amide bonds. The Kier molecular flexibility index (Phi) is 13.2. The summed E-state index contributed by atoms with van der Waals surface area (Å²) in [5.74, 6) is -15.2. The fourth-order valence-corrected chi connectivity index (χ4v) is 1.15. The topological polar surface area (TPSA) is 52.6 Å². The van der Waals surface area contributed by atoms with Crippen LogP contribution in [0.25, 0.3) is 0 Å². The molecule has 0 aliphatic rings. The molecule has 9 heteroatoms. The molecular weight excluding hydrogens is 351 g/mol. The number of hydrogen-bond donors (Lipinski definition) is 0. The minimum atomic E-state index is -2.37. The van der Waals surface area contributed by atoms with E-state index in [2.05, 4.69) is 23.3 Å². The Morgan fingerprint density at radius 1 is 0.760 bits per heavy atom. The summed E-state index contributed by atoms with van der Waals surface area (Å²) in [7, 11) is 1.04. The van der Waals surface area contributed by atoms with E-state index in [4.69, 9.17) is 0 Å². The van der Waals surface area contributed by atoms with Crippen LogP contribution in [0.5, 0.6) is 5.75 Å². The fraction of sp³-hybridized carbons (Fsp3) is 0.500. The first-order chi connectivity index (χ1) is 11.7. The molecule has 1 aromatic rings. The molecule has 0 aromatic heterocycles. The third kappa shape index (κ3) is 7.95. The van der Waals surface area contributed by atoms with Crippen LogP contribution in [-0.4, -0.2) is 19.0 Å². The predicted molar refractivity (Wildman–Crippen MR) is 80.4 cm³/mol. The SMILES string of the molecule is CC.CCC.COC(=O)CCC(=O)Oc1c(F)c(F)c(F)c(F)c1F. The highest BCUT2D eigenvalue weighted by molar-refractivity contribution is 5.79. The molecule has 0 bridgehead atoms. The van der Waals surface area contributed by atoms with Gasteiger partial charge in [0.25, 0.3) is 0 Å². The average molecular weight is 372 g/mol. The second-order valence-corrected chi connectivity index (χ2v) is 4.16. The van der Waals surface area contributed by atoms with Crippen molar-refractivity contribution in [3.05, 3.63) is 29.1 Å². The number of rotatable bonds is 4. The van der Waals surface area contributed by atoms with E-state index in [0.717, 1.165) is 7.11 Å². The van der Waals surface area contributed by atoms with E-state index in [0.29, 0.717) is 0 Å². The smallest absolute Gasteiger partial charge is 0.311 e. The quantitative estimate of drug-likeness (QED) is 0.253. The maximum absolute atomic E-state index is 13.1. The number of halogens is 5. The van der Waals surface area contributed by atoms with Crippen LogP contribution >= 0.6 is 0 Å². The molecule has 0 saturated heterocycles. The van der Waals surface area contributed by atoms with E-state index in [1.54, 1.807) is 0 Å². The Morgan fingerprint density at radius 2 is 1.08 bits per heavy atom. The van der Waals surface area contributed by atoms with E-state index in [-0.39, 0.29) is 0 Å². The molecule has 0 saturated carbocycles. The van der Waals surface area contributed by atoms with Crippen LogP contribution in [-0.2, 0) is 14.3 Å². The summed E-state index contributed by atoms with van der Waals surface area (Å²) in [4.78, 5) is 21.9. The summed E-state index contributed by atoms with van der Waals surface area (Å²) in [6.45, 7) is 8.25. The number of carbonyl (C=O) groups excluding carboxylic acids is 2. The maximum atomic E-state index is 13.1. The lowest BCUT2D eigenvalue weighted by Crippen LogP contribution is -2.15. The van der Waals surface area contributed by atoms with Gasteiger partial charge in [-0.05, 0) is 0 Å². The van der Waals surface area contributed by atoms with Crippen molar-refractivity contribution in [2.24, 2.45) is 0 Å². The van der Waals surface area contributed by atoms with Crippen LogP contribution in [0.3, 0.4) is 0 Å². The molecule has 4 nitrogen and oxygen atoms in total. The first-order valence-corrected chi connectivity index (χ1v) is 7.50. The van der Waals surface area contributed by atoms with Crippen LogP contribution in [0.4, 0.5) is 22.0 Å². The molecule has 0 unspecified atom stereocenters. The highest BCUT2D eigenvalue weighted by Gasteiger charge is 2.28. The van der Waals surface area contributed by atoms with E-state index < -0.39 is 59.6 Å². The van der Waals surface area contributed by atoms with Crippen LogP contribution in [0.15, 0.2) is 0 Å². The maximum Gasteiger partial charge on any atom is 0.311 e. The molecule has 0 spiro atoms. The van der Waals surface area contributed by atoms with Crippen LogP contribution < -0.4 is 4.74 Å². The van der Waals surface area contributed by atoms with Crippen molar-refractivity contribution in [1.29, 1.82) is 0 Å². The van der Waals surface area contributed by atoms with Crippen LogP contribution in [0, 0.1) is 29.1 Å². The number of ether oxygens (including phenoxy) is 2. The van der Waals surface area contributed by atoms with Crippen molar-refractivity contribution < 1.29 is 41.0 Å². The highest BCUT2D eigenvalue weighted by atomic mass is 19.2. The number of carbonyl (C=O) groups is 2. The monoisotopic (exact) mass is 372 g/mol. The summed E-state index contributed by atoms with van der Waals surface area (Å²) in [6.07, 6.45) is 0.136. The average Bonchev–Trinajstić information content (AvgIpc) is 2.62. The first-order valence-electron chi connectivity index (χ1n) is 7.50. The van der Waals surface area contributed by atoms with Gasteiger partial charge in [-0.15, -0.1) is 0 Å². The number of hydrogen-bond acceptors (Lipinski definition) is 4. The Hall–Kier alpha value is -2.19. The van der Waals surface area contributed by atoms with E-state index in [9.17, 15) is 31.5 Å². The minimum absolute atomic E-state index is 0.468.